The van der Waals surface area contributed by atoms with Crippen LogP contribution in [-0.2, 0) is 16.6 Å². The van der Waals surface area contributed by atoms with Crippen LogP contribution >= 0.6 is 0 Å². The van der Waals surface area contributed by atoms with Gasteiger partial charge in [-0.05, 0) is 25.0 Å². The molecule has 1 aromatic heterocycles. The van der Waals surface area contributed by atoms with E-state index in [0.717, 1.165) is 31.4 Å². The van der Waals surface area contributed by atoms with Crippen molar-refractivity contribution < 1.29 is 14.7 Å². The van der Waals surface area contributed by atoms with Gasteiger partial charge < -0.3 is 10.4 Å². The third-order valence-electron chi connectivity index (χ3n) is 3.99. The molecule has 0 radical (unpaired) electrons. The topological polar surface area (TPSA) is 84.2 Å². The van der Waals surface area contributed by atoms with Gasteiger partial charge in [-0.25, -0.2) is 4.79 Å². The summed E-state index contributed by atoms with van der Waals surface area (Å²) in [6, 6.07) is 1.78. The summed E-state index contributed by atoms with van der Waals surface area (Å²) >= 11 is 0. The molecule has 1 aliphatic carbocycles. The Morgan fingerprint density at radius 2 is 2.00 bits per heavy atom. The molecule has 114 valence electrons. The number of aliphatic carboxylic acids is 1. The molecule has 1 amide bonds. The van der Waals surface area contributed by atoms with Crippen LogP contribution in [0.1, 0.15) is 44.2 Å². The van der Waals surface area contributed by atoms with E-state index in [1.165, 1.54) is 6.08 Å². The molecule has 1 saturated carbocycles. The van der Waals surface area contributed by atoms with Crippen molar-refractivity contribution in [1.82, 2.24) is 15.1 Å². The maximum absolute atomic E-state index is 12.0. The third kappa shape index (κ3) is 3.71. The van der Waals surface area contributed by atoms with Crippen molar-refractivity contribution in [3.63, 3.8) is 0 Å². The van der Waals surface area contributed by atoms with Gasteiger partial charge in [-0.15, -0.1) is 0 Å². The van der Waals surface area contributed by atoms with E-state index in [9.17, 15) is 14.7 Å². The normalized spacial score (nSPS) is 18.3. The molecule has 0 spiro atoms. The van der Waals surface area contributed by atoms with Crippen molar-refractivity contribution in [2.75, 3.05) is 0 Å². The number of rotatable bonds is 4. The maximum Gasteiger partial charge on any atom is 0.329 e. The van der Waals surface area contributed by atoms with Crippen molar-refractivity contribution in [2.45, 2.75) is 44.1 Å². The van der Waals surface area contributed by atoms with Crippen molar-refractivity contribution in [3.8, 4) is 0 Å². The molecule has 0 unspecified atom stereocenters. The minimum Gasteiger partial charge on any atom is -0.480 e. The van der Waals surface area contributed by atoms with Crippen LogP contribution in [0.15, 0.2) is 18.3 Å². The number of nitrogens with zero attached hydrogens (tertiary/aromatic N) is 2. The van der Waals surface area contributed by atoms with Gasteiger partial charge in [0.25, 0.3) is 0 Å². The zero-order chi connectivity index (χ0) is 15.3. The number of amides is 1. The van der Waals surface area contributed by atoms with E-state index in [1.807, 2.05) is 0 Å². The Hall–Kier alpha value is -2.11. The molecule has 2 rings (SSSR count). The molecule has 0 bridgehead atoms. The van der Waals surface area contributed by atoms with Crippen molar-refractivity contribution in [3.05, 3.63) is 24.0 Å². The first kappa shape index (κ1) is 15.3. The van der Waals surface area contributed by atoms with Gasteiger partial charge in [0.2, 0.25) is 5.91 Å². The Balaban J connectivity index is 2.06. The Morgan fingerprint density at radius 1 is 1.33 bits per heavy atom. The number of carbonyl (C=O) groups excluding carboxylic acids is 1. The van der Waals surface area contributed by atoms with Crippen molar-refractivity contribution >= 4 is 18.0 Å². The lowest BCUT2D eigenvalue weighted by atomic mass is 9.90. The first-order valence-corrected chi connectivity index (χ1v) is 7.25. The van der Waals surface area contributed by atoms with Crippen molar-refractivity contribution in [2.24, 2.45) is 7.05 Å². The highest BCUT2D eigenvalue weighted by Crippen LogP contribution is 2.27. The summed E-state index contributed by atoms with van der Waals surface area (Å²) < 4.78 is 1.64. The van der Waals surface area contributed by atoms with Crippen LogP contribution in [0.5, 0.6) is 0 Å². The fourth-order valence-corrected chi connectivity index (χ4v) is 2.71. The van der Waals surface area contributed by atoms with Gasteiger partial charge in [-0.3, -0.25) is 9.48 Å². The predicted octanol–water partition coefficient (Wildman–Crippen LogP) is 1.73. The van der Waals surface area contributed by atoms with Gasteiger partial charge in [0.15, 0.2) is 0 Å². The first-order valence-electron chi connectivity index (χ1n) is 7.25. The number of carboxylic acids is 1. The zero-order valence-corrected chi connectivity index (χ0v) is 12.2. The van der Waals surface area contributed by atoms with Gasteiger partial charge in [0.1, 0.15) is 5.54 Å². The highest BCUT2D eigenvalue weighted by atomic mass is 16.4. The Bertz CT molecular complexity index is 540. The lowest BCUT2D eigenvalue weighted by Gasteiger charge is -2.28. The van der Waals surface area contributed by atoms with Gasteiger partial charge >= 0.3 is 5.97 Å². The van der Waals surface area contributed by atoms with E-state index in [4.69, 9.17) is 0 Å². The smallest absolute Gasteiger partial charge is 0.329 e. The molecule has 6 nitrogen and oxygen atoms in total. The molecule has 0 aromatic carbocycles. The summed E-state index contributed by atoms with van der Waals surface area (Å²) in [5, 5.41) is 16.2. The molecule has 0 saturated heterocycles. The molecule has 1 heterocycles. The first-order chi connectivity index (χ1) is 10.0. The fraction of sp³-hybridized carbons (Fsp3) is 0.533. The second-order valence-electron chi connectivity index (χ2n) is 5.50. The molecule has 1 aliphatic rings. The molecular formula is C15H21N3O3. The quantitative estimate of drug-likeness (QED) is 0.653. The number of carbonyl (C=O) groups is 2. The molecule has 2 N–H and O–H groups in total. The summed E-state index contributed by atoms with van der Waals surface area (Å²) in [5.41, 5.74) is -0.333. The minimum absolute atomic E-state index is 0.375. The summed E-state index contributed by atoms with van der Waals surface area (Å²) in [6.07, 6.45) is 9.34. The number of carboxylic acid groups (broad SMARTS) is 1. The molecular weight excluding hydrogens is 270 g/mol. The number of aryl methyl sites for hydroxylation is 1. The standard InChI is InChI=1S/C15H21N3O3/c1-18-12(8-11-16-18)6-7-13(19)17-15(14(20)21)9-4-2-3-5-10-15/h6-8,11H,2-5,9-10H2,1H3,(H,17,19)(H,20,21)/b7-6+. The molecule has 0 aliphatic heterocycles. The van der Waals surface area contributed by atoms with Crippen LogP contribution in [0.25, 0.3) is 6.08 Å². The lowest BCUT2D eigenvalue weighted by molar-refractivity contribution is -0.147. The van der Waals surface area contributed by atoms with Crippen LogP contribution in [0.3, 0.4) is 0 Å². The molecule has 6 heteroatoms. The summed E-state index contributed by atoms with van der Waals surface area (Å²) in [4.78, 5) is 23.6. The average Bonchev–Trinajstić information content (AvgIpc) is 2.70. The summed E-state index contributed by atoms with van der Waals surface area (Å²) in [6.45, 7) is 0. The van der Waals surface area contributed by atoms with Crippen LogP contribution in [0.2, 0.25) is 0 Å². The van der Waals surface area contributed by atoms with Crippen molar-refractivity contribution in [1.29, 1.82) is 0 Å². The Kier molecular flexibility index (Phi) is 4.77. The largest absolute Gasteiger partial charge is 0.480 e. The van der Waals surface area contributed by atoms with E-state index >= 15 is 0 Å². The Labute approximate surface area is 123 Å². The maximum atomic E-state index is 12.0. The number of aromatic nitrogens is 2. The minimum atomic E-state index is -1.12. The average molecular weight is 291 g/mol. The lowest BCUT2D eigenvalue weighted by Crippen LogP contribution is -2.53. The summed E-state index contributed by atoms with van der Waals surface area (Å²) in [5.74, 6) is -1.31. The second kappa shape index (κ2) is 6.56. The van der Waals surface area contributed by atoms with Gasteiger partial charge in [0, 0.05) is 19.3 Å². The van der Waals surface area contributed by atoms with Gasteiger partial charge in [-0.1, -0.05) is 25.7 Å². The monoisotopic (exact) mass is 291 g/mol. The van der Waals surface area contributed by atoms with E-state index in [0.29, 0.717) is 12.8 Å². The third-order valence-corrected chi connectivity index (χ3v) is 3.99. The molecule has 1 aromatic rings. The highest BCUT2D eigenvalue weighted by molar-refractivity contribution is 5.95. The zero-order valence-electron chi connectivity index (χ0n) is 12.2. The van der Waals surface area contributed by atoms with E-state index in [2.05, 4.69) is 10.4 Å². The number of hydrogen-bond donors (Lipinski definition) is 2. The van der Waals surface area contributed by atoms with Gasteiger partial charge in [-0.2, -0.15) is 5.10 Å². The number of nitrogens with one attached hydrogen (secondary N) is 1. The predicted molar refractivity (Wildman–Crippen MR) is 78.5 cm³/mol. The number of hydrogen-bond acceptors (Lipinski definition) is 3. The van der Waals surface area contributed by atoms with E-state index in [1.54, 1.807) is 30.1 Å². The van der Waals surface area contributed by atoms with Crippen LogP contribution in [-0.4, -0.2) is 32.3 Å². The Morgan fingerprint density at radius 3 is 2.52 bits per heavy atom. The van der Waals surface area contributed by atoms with Crippen LogP contribution in [0.4, 0.5) is 0 Å². The SMILES string of the molecule is Cn1nccc1/C=C/C(=O)NC1(C(=O)O)CCCCCC1. The van der Waals surface area contributed by atoms with Crippen LogP contribution < -0.4 is 5.32 Å². The molecule has 21 heavy (non-hydrogen) atoms. The van der Waals surface area contributed by atoms with E-state index in [-0.39, 0.29) is 5.91 Å². The second-order valence-corrected chi connectivity index (χ2v) is 5.50. The summed E-state index contributed by atoms with van der Waals surface area (Å²) in [7, 11) is 1.78. The molecule has 1 fully saturated rings. The van der Waals surface area contributed by atoms with E-state index < -0.39 is 11.5 Å². The van der Waals surface area contributed by atoms with Gasteiger partial charge in [0.05, 0.1) is 5.69 Å². The molecule has 0 atom stereocenters. The highest BCUT2D eigenvalue weighted by Gasteiger charge is 2.39. The fourth-order valence-electron chi connectivity index (χ4n) is 2.71. The van der Waals surface area contributed by atoms with Crippen LogP contribution in [0, 0.1) is 0 Å².